The molecule has 26 heavy (non-hydrogen) atoms. The quantitative estimate of drug-likeness (QED) is 0.756. The largest absolute Gasteiger partial charge is 0.486 e. The second kappa shape index (κ2) is 7.05. The van der Waals surface area contributed by atoms with Crippen LogP contribution in [0.4, 0.5) is 0 Å². The molecular weight excluding hydrogens is 360 g/mol. The zero-order valence-corrected chi connectivity index (χ0v) is 15.2. The van der Waals surface area contributed by atoms with Gasteiger partial charge in [0, 0.05) is 38.9 Å². The molecule has 1 aromatic rings. The number of amides is 1. The molecule has 9 heteroatoms. The summed E-state index contributed by atoms with van der Waals surface area (Å²) in [6.07, 6.45) is 1.28. The Labute approximate surface area is 152 Å². The van der Waals surface area contributed by atoms with Gasteiger partial charge >= 0.3 is 0 Å². The average molecular weight is 382 g/mol. The van der Waals surface area contributed by atoms with Gasteiger partial charge in [-0.25, -0.2) is 8.42 Å². The Bertz CT molecular complexity index is 782. The molecule has 0 radical (unpaired) electrons. The molecule has 0 N–H and O–H groups in total. The van der Waals surface area contributed by atoms with Crippen LogP contribution < -0.4 is 9.47 Å². The summed E-state index contributed by atoms with van der Waals surface area (Å²) in [6, 6.07) is 4.67. The van der Waals surface area contributed by atoms with Crippen LogP contribution in [0.25, 0.3) is 0 Å². The minimum absolute atomic E-state index is 0.0288. The number of hydrogen-bond donors (Lipinski definition) is 0. The van der Waals surface area contributed by atoms with Gasteiger partial charge in [-0.05, 0) is 25.0 Å². The van der Waals surface area contributed by atoms with Crippen molar-refractivity contribution in [2.75, 3.05) is 46.0 Å². The lowest BCUT2D eigenvalue weighted by atomic mass is 10.2. The molecular formula is C17H22N2O6S. The lowest BCUT2D eigenvalue weighted by Gasteiger charge is -2.35. The van der Waals surface area contributed by atoms with E-state index in [1.807, 2.05) is 0 Å². The number of carbonyl (C=O) groups is 1. The molecule has 2 fully saturated rings. The number of carbonyl (C=O) groups excluding carboxylic acids is 1. The highest BCUT2D eigenvalue weighted by Gasteiger charge is 2.34. The van der Waals surface area contributed by atoms with Gasteiger partial charge in [0.15, 0.2) is 11.5 Å². The smallest absolute Gasteiger partial charge is 0.251 e. The molecule has 0 aromatic heterocycles. The highest BCUT2D eigenvalue weighted by atomic mass is 32.2. The van der Waals surface area contributed by atoms with E-state index < -0.39 is 10.0 Å². The van der Waals surface area contributed by atoms with E-state index in [1.165, 1.54) is 16.4 Å². The van der Waals surface area contributed by atoms with E-state index in [4.69, 9.17) is 14.2 Å². The first-order valence-corrected chi connectivity index (χ1v) is 10.3. The SMILES string of the molecule is O=C([C@@H]1CCCO1)N1CCN(S(=O)(=O)c2ccc3c(c2)OCCO3)CC1. The normalized spacial score (nSPS) is 23.8. The fourth-order valence-corrected chi connectivity index (χ4v) is 4.90. The van der Waals surface area contributed by atoms with E-state index in [0.29, 0.717) is 44.4 Å². The second-order valence-electron chi connectivity index (χ2n) is 6.54. The van der Waals surface area contributed by atoms with Gasteiger partial charge in [-0.15, -0.1) is 0 Å². The van der Waals surface area contributed by atoms with E-state index in [0.717, 1.165) is 12.8 Å². The van der Waals surface area contributed by atoms with Crippen LogP contribution in [0.3, 0.4) is 0 Å². The minimum atomic E-state index is -3.64. The molecule has 3 aliphatic rings. The molecule has 0 aliphatic carbocycles. The Morgan fingerprint density at radius 1 is 1.00 bits per heavy atom. The molecule has 0 saturated carbocycles. The molecule has 0 spiro atoms. The highest BCUT2D eigenvalue weighted by Crippen LogP contribution is 2.33. The minimum Gasteiger partial charge on any atom is -0.486 e. The first-order valence-electron chi connectivity index (χ1n) is 8.86. The van der Waals surface area contributed by atoms with E-state index in [-0.39, 0.29) is 30.0 Å². The summed E-state index contributed by atoms with van der Waals surface area (Å²) in [7, 11) is -3.64. The van der Waals surface area contributed by atoms with E-state index in [1.54, 1.807) is 11.0 Å². The van der Waals surface area contributed by atoms with E-state index in [2.05, 4.69) is 0 Å². The highest BCUT2D eigenvalue weighted by molar-refractivity contribution is 7.89. The summed E-state index contributed by atoms with van der Waals surface area (Å²) in [4.78, 5) is 14.3. The predicted molar refractivity (Wildman–Crippen MR) is 91.7 cm³/mol. The Hall–Kier alpha value is -1.84. The maximum absolute atomic E-state index is 12.9. The number of rotatable bonds is 3. The molecule has 142 valence electrons. The fourth-order valence-electron chi connectivity index (χ4n) is 3.46. The maximum Gasteiger partial charge on any atom is 0.251 e. The third-order valence-electron chi connectivity index (χ3n) is 4.91. The molecule has 3 heterocycles. The third kappa shape index (κ3) is 3.26. The van der Waals surface area contributed by atoms with Crippen LogP contribution in [0.5, 0.6) is 11.5 Å². The maximum atomic E-state index is 12.9. The predicted octanol–water partition coefficient (Wildman–Crippen LogP) is 0.470. The van der Waals surface area contributed by atoms with Gasteiger partial charge in [-0.1, -0.05) is 0 Å². The first kappa shape index (κ1) is 17.6. The molecule has 2 saturated heterocycles. The monoisotopic (exact) mass is 382 g/mol. The van der Waals surface area contributed by atoms with Crippen LogP contribution in [0.15, 0.2) is 23.1 Å². The Balaban J connectivity index is 1.44. The van der Waals surface area contributed by atoms with Crippen molar-refractivity contribution in [2.45, 2.75) is 23.8 Å². The van der Waals surface area contributed by atoms with Gasteiger partial charge < -0.3 is 19.1 Å². The molecule has 4 rings (SSSR count). The van der Waals surface area contributed by atoms with Crippen molar-refractivity contribution in [3.05, 3.63) is 18.2 Å². The number of hydrogen-bond acceptors (Lipinski definition) is 6. The average Bonchev–Trinajstić information content (AvgIpc) is 3.22. The van der Waals surface area contributed by atoms with Gasteiger partial charge in [0.2, 0.25) is 10.0 Å². The van der Waals surface area contributed by atoms with E-state index in [9.17, 15) is 13.2 Å². The zero-order chi connectivity index (χ0) is 18.1. The topological polar surface area (TPSA) is 85.4 Å². The van der Waals surface area contributed by atoms with Crippen LogP contribution in [0.2, 0.25) is 0 Å². The number of nitrogens with zero attached hydrogens (tertiary/aromatic N) is 2. The van der Waals surface area contributed by atoms with E-state index >= 15 is 0 Å². The number of ether oxygens (including phenoxy) is 3. The van der Waals surface area contributed by atoms with Crippen molar-refractivity contribution in [1.82, 2.24) is 9.21 Å². The van der Waals surface area contributed by atoms with Gasteiger partial charge in [0.05, 0.1) is 4.90 Å². The molecule has 3 aliphatic heterocycles. The molecule has 0 bridgehead atoms. The summed E-state index contributed by atoms with van der Waals surface area (Å²) < 4.78 is 43.6. The summed E-state index contributed by atoms with van der Waals surface area (Å²) in [5.74, 6) is 0.977. The van der Waals surface area contributed by atoms with Crippen LogP contribution >= 0.6 is 0 Å². The number of benzene rings is 1. The molecule has 1 atom stereocenters. The molecule has 8 nitrogen and oxygen atoms in total. The summed E-state index contributed by atoms with van der Waals surface area (Å²) >= 11 is 0. The molecule has 1 aromatic carbocycles. The number of fused-ring (bicyclic) bond motifs is 1. The zero-order valence-electron chi connectivity index (χ0n) is 14.4. The number of sulfonamides is 1. The van der Waals surface area contributed by atoms with Crippen molar-refractivity contribution >= 4 is 15.9 Å². The summed E-state index contributed by atoms with van der Waals surface area (Å²) in [6.45, 7) is 2.78. The molecule has 1 amide bonds. The second-order valence-corrected chi connectivity index (χ2v) is 8.47. The Kier molecular flexibility index (Phi) is 4.76. The lowest BCUT2D eigenvalue weighted by Crippen LogP contribution is -2.52. The Morgan fingerprint density at radius 3 is 2.42 bits per heavy atom. The fraction of sp³-hybridized carbons (Fsp3) is 0.588. The van der Waals surface area contributed by atoms with Crippen LogP contribution in [0.1, 0.15) is 12.8 Å². The van der Waals surface area contributed by atoms with Crippen molar-refractivity contribution in [2.24, 2.45) is 0 Å². The standard InChI is InChI=1S/C17H22N2O6S/c20-17(15-2-1-9-23-15)18-5-7-19(8-6-18)26(21,22)13-3-4-14-16(12-13)25-11-10-24-14/h3-4,12,15H,1-2,5-11H2/t15-/m0/s1. The van der Waals surface area contributed by atoms with Crippen molar-refractivity contribution in [1.29, 1.82) is 0 Å². The third-order valence-corrected chi connectivity index (χ3v) is 6.80. The van der Waals surface area contributed by atoms with Crippen molar-refractivity contribution in [3.63, 3.8) is 0 Å². The van der Waals surface area contributed by atoms with Crippen LogP contribution in [0, 0.1) is 0 Å². The van der Waals surface area contributed by atoms with Crippen LogP contribution in [-0.4, -0.2) is 75.6 Å². The van der Waals surface area contributed by atoms with Crippen molar-refractivity contribution in [3.8, 4) is 11.5 Å². The lowest BCUT2D eigenvalue weighted by molar-refractivity contribution is -0.142. The summed E-state index contributed by atoms with van der Waals surface area (Å²) in [5.41, 5.74) is 0. The summed E-state index contributed by atoms with van der Waals surface area (Å²) in [5, 5.41) is 0. The van der Waals surface area contributed by atoms with Gasteiger partial charge in [0.1, 0.15) is 19.3 Å². The van der Waals surface area contributed by atoms with Crippen LogP contribution in [-0.2, 0) is 19.6 Å². The number of piperazine rings is 1. The van der Waals surface area contributed by atoms with Crippen molar-refractivity contribution < 1.29 is 27.4 Å². The van der Waals surface area contributed by atoms with Gasteiger partial charge in [0.25, 0.3) is 5.91 Å². The molecule has 0 unspecified atom stereocenters. The Morgan fingerprint density at radius 2 is 1.73 bits per heavy atom. The van der Waals surface area contributed by atoms with Gasteiger partial charge in [-0.2, -0.15) is 4.31 Å². The first-order chi connectivity index (χ1) is 12.6. The van der Waals surface area contributed by atoms with Gasteiger partial charge in [-0.3, -0.25) is 4.79 Å².